The van der Waals surface area contributed by atoms with E-state index in [1.54, 1.807) is 0 Å². The van der Waals surface area contributed by atoms with E-state index in [9.17, 15) is 0 Å². The van der Waals surface area contributed by atoms with Gasteiger partial charge >= 0.3 is 75.5 Å². The van der Waals surface area contributed by atoms with Crippen molar-refractivity contribution in [2.45, 2.75) is 0 Å². The van der Waals surface area contributed by atoms with Crippen molar-refractivity contribution in [2.24, 2.45) is 0 Å². The second-order valence-electron chi connectivity index (χ2n) is 0.350. The quantitative estimate of drug-likeness (QED) is 0.339. The summed E-state index contributed by atoms with van der Waals surface area (Å²) in [7, 11) is 0. The number of rotatable bonds is 0. The van der Waals surface area contributed by atoms with Crippen LogP contribution in [0.25, 0.3) is 0 Å². The predicted octanol–water partition coefficient (Wildman–Crippen LogP) is 3.16. The summed E-state index contributed by atoms with van der Waals surface area (Å²) < 4.78 is -1.29. The summed E-state index contributed by atoms with van der Waals surface area (Å²) >= 11 is 10.2. The predicted molar refractivity (Wildman–Crippen MR) is 61.8 cm³/mol. The van der Waals surface area contributed by atoms with Crippen molar-refractivity contribution >= 4 is 75.5 Å². The monoisotopic (exact) mass is 717 g/mol. The normalized spacial score (nSPS) is 15.2. The van der Waals surface area contributed by atoms with Gasteiger partial charge in [-0.3, -0.25) is 0 Å². The first-order chi connectivity index (χ1) is 2.00. The zero-order chi connectivity index (χ0) is 4.50. The first-order valence-corrected chi connectivity index (χ1v) is 36.3. The second kappa shape index (κ2) is 3.77. The molecule has 0 heterocycles. The molecule has 0 unspecified atom stereocenters. The molecule has 0 N–H and O–H groups in total. The van der Waals surface area contributed by atoms with Crippen molar-refractivity contribution in [3.05, 3.63) is 0 Å². The van der Waals surface area contributed by atoms with Gasteiger partial charge in [-0.15, -0.1) is 0 Å². The van der Waals surface area contributed by atoms with Crippen molar-refractivity contribution in [3.8, 4) is 0 Å². The Kier molecular flexibility index (Phi) is 6.64. The van der Waals surface area contributed by atoms with Gasteiger partial charge in [0.1, 0.15) is 0 Å². The molecule has 0 aliphatic heterocycles. The average Bonchev–Trinajstić information content (AvgIpc) is 0.722. The Morgan fingerprint density at radius 1 is 0.800 bits per heavy atom. The molecule has 0 aromatic heterocycles. The molecule has 0 aliphatic carbocycles. The van der Waals surface area contributed by atoms with Crippen molar-refractivity contribution < 1.29 is 0 Å². The van der Waals surface area contributed by atoms with Crippen LogP contribution in [0.15, 0.2) is 0 Å². The van der Waals surface area contributed by atoms with Gasteiger partial charge in [0.25, 0.3) is 0 Å². The summed E-state index contributed by atoms with van der Waals surface area (Å²) in [6.45, 7) is 0. The summed E-state index contributed by atoms with van der Waals surface area (Å²) in [5, 5.41) is 0. The fourth-order valence-corrected chi connectivity index (χ4v) is 0. The number of halogens is 4. The standard InChI is InChI=1S/4HI.Po/h4*1H;/q;;;;+4/p-4. The van der Waals surface area contributed by atoms with Crippen LogP contribution < -0.4 is 0 Å². The maximum atomic E-state index is 2.55. The van der Waals surface area contributed by atoms with E-state index in [4.69, 9.17) is 0 Å². The van der Waals surface area contributed by atoms with Crippen LogP contribution >= 0.6 is 71.8 Å². The van der Waals surface area contributed by atoms with E-state index in [2.05, 4.69) is 71.8 Å². The van der Waals surface area contributed by atoms with Crippen LogP contribution in [-0.4, -0.2) is 3.67 Å². The number of hydrogen-bond donors (Lipinski definition) is 0. The summed E-state index contributed by atoms with van der Waals surface area (Å²) in [6.07, 6.45) is 0. The minimum atomic E-state index is -1.29. The Morgan fingerprint density at radius 2 is 0.800 bits per heavy atom. The van der Waals surface area contributed by atoms with E-state index in [1.807, 2.05) is 0 Å². The summed E-state index contributed by atoms with van der Waals surface area (Å²) in [5.41, 5.74) is 0. The van der Waals surface area contributed by atoms with Gasteiger partial charge in [-0.05, 0) is 0 Å². The third-order valence-corrected chi connectivity index (χ3v) is 0. The Labute approximate surface area is 72.5 Å². The summed E-state index contributed by atoms with van der Waals surface area (Å²) in [5.74, 6) is 0. The molecule has 0 spiro atoms. The molecule has 0 rings (SSSR count). The van der Waals surface area contributed by atoms with Gasteiger partial charge in [0.15, 0.2) is 0 Å². The maximum absolute atomic E-state index is 2.55. The summed E-state index contributed by atoms with van der Waals surface area (Å²) in [4.78, 5) is 0. The zero-order valence-corrected chi connectivity index (χ0v) is 13.7. The molecule has 34 valence electrons. The fraction of sp³-hybridized carbons (Fsp3) is 0. The van der Waals surface area contributed by atoms with Crippen molar-refractivity contribution in [1.29, 1.82) is 0 Å². The van der Waals surface area contributed by atoms with E-state index in [1.165, 1.54) is 0 Å². The van der Waals surface area contributed by atoms with Crippen LogP contribution in [0.3, 0.4) is 0 Å². The van der Waals surface area contributed by atoms with Crippen molar-refractivity contribution in [2.75, 3.05) is 0 Å². The van der Waals surface area contributed by atoms with Crippen LogP contribution in [-0.2, 0) is 0 Å². The van der Waals surface area contributed by atoms with Gasteiger partial charge in [-0.25, -0.2) is 0 Å². The van der Waals surface area contributed by atoms with Crippen molar-refractivity contribution in [3.63, 3.8) is 0 Å². The molecule has 5 heavy (non-hydrogen) atoms. The topological polar surface area (TPSA) is 0 Å². The van der Waals surface area contributed by atoms with Crippen LogP contribution in [0, 0.1) is 0 Å². The third kappa shape index (κ3) is 18.2. The van der Waals surface area contributed by atoms with Crippen LogP contribution in [0.5, 0.6) is 0 Å². The second-order valence-corrected chi connectivity index (χ2v) is 138. The van der Waals surface area contributed by atoms with E-state index in [0.717, 1.165) is 0 Å². The molecule has 0 bridgehead atoms. The average molecular weight is 717 g/mol. The molecule has 0 saturated heterocycles. The molecule has 0 nitrogen and oxygen atoms in total. The van der Waals surface area contributed by atoms with Crippen LogP contribution in [0.4, 0.5) is 0 Å². The van der Waals surface area contributed by atoms with Gasteiger partial charge in [-0.1, -0.05) is 0 Å². The van der Waals surface area contributed by atoms with Gasteiger partial charge in [-0.2, -0.15) is 0 Å². The van der Waals surface area contributed by atoms with Gasteiger partial charge in [0.05, 0.1) is 0 Å². The third-order valence-electron chi connectivity index (χ3n) is 0. The van der Waals surface area contributed by atoms with E-state index < -0.39 is 3.67 Å². The van der Waals surface area contributed by atoms with Crippen LogP contribution in [0.1, 0.15) is 0 Å². The Hall–Kier alpha value is 3.82. The molecule has 5 heteroatoms. The molecular formula is I4Po. The van der Waals surface area contributed by atoms with Crippen LogP contribution in [0.2, 0.25) is 0 Å². The molecule has 0 radical (unpaired) electrons. The van der Waals surface area contributed by atoms with E-state index >= 15 is 0 Å². The van der Waals surface area contributed by atoms with Gasteiger partial charge in [0.2, 0.25) is 0 Å². The zero-order valence-electron chi connectivity index (χ0n) is 1.92. The first kappa shape index (κ1) is 8.82. The minimum absolute atomic E-state index is 1.29. The molecule has 0 atom stereocenters. The van der Waals surface area contributed by atoms with Gasteiger partial charge in [0, 0.05) is 0 Å². The molecule has 0 fully saturated rings. The SMILES string of the molecule is [I][Po]([I])([I])[I]. The molecule has 0 saturated carbocycles. The van der Waals surface area contributed by atoms with E-state index in [0.29, 0.717) is 0 Å². The summed E-state index contributed by atoms with van der Waals surface area (Å²) in [6, 6.07) is 0. The Bertz CT molecular complexity index is 19.1. The molecular weight excluding hydrogens is 717 g/mol. The van der Waals surface area contributed by atoms with E-state index in [-0.39, 0.29) is 0 Å². The molecule has 0 aromatic carbocycles. The molecule has 0 aromatic rings. The fourth-order valence-electron chi connectivity index (χ4n) is 0. The van der Waals surface area contributed by atoms with Crippen molar-refractivity contribution in [1.82, 2.24) is 0 Å². The first-order valence-electron chi connectivity index (χ1n) is 0.617. The van der Waals surface area contributed by atoms with Gasteiger partial charge < -0.3 is 0 Å². The number of hydrogen-bond acceptors (Lipinski definition) is 0. The Morgan fingerprint density at radius 3 is 0.800 bits per heavy atom. The molecule has 0 aliphatic rings. The molecule has 0 amide bonds. The Balaban J connectivity index is 3.02.